The number of carbonyl (C=O) groups excluding carboxylic acids is 2. The first-order valence-corrected chi connectivity index (χ1v) is 13.0. The van der Waals surface area contributed by atoms with E-state index in [1.807, 2.05) is 52.8 Å². The zero-order valence-electron chi connectivity index (χ0n) is 20.0. The second kappa shape index (κ2) is 12.5. The minimum Gasteiger partial charge on any atom is -0.497 e. The summed E-state index contributed by atoms with van der Waals surface area (Å²) in [5, 5.41) is 2.04. The quantitative estimate of drug-likeness (QED) is 0.445. The van der Waals surface area contributed by atoms with E-state index in [-0.39, 0.29) is 24.1 Å². The third-order valence-corrected chi connectivity index (χ3v) is 7.01. The van der Waals surface area contributed by atoms with Crippen LogP contribution < -0.4 is 9.47 Å². The first-order chi connectivity index (χ1) is 17.1. The van der Waals surface area contributed by atoms with Crippen LogP contribution in [0.3, 0.4) is 0 Å². The van der Waals surface area contributed by atoms with Gasteiger partial charge in [0.05, 0.1) is 13.7 Å². The molecule has 186 valence electrons. The van der Waals surface area contributed by atoms with Crippen LogP contribution in [-0.2, 0) is 9.53 Å². The standard InChI is InChI=1S/C27H32N2O5S/c1-32-23-7-9-24(10-8-23)33-20-25-19-29(27(31)34-25)22-11-15-28(16-12-22)26(30)14-18-35-17-13-21-5-3-2-4-6-21/h2-10,13,17,22,25H,11-12,14-16,18-20H2,1H3/b17-13-. The van der Waals surface area contributed by atoms with Gasteiger partial charge in [0.15, 0.2) is 6.10 Å². The molecule has 2 amide bonds. The molecule has 0 aromatic heterocycles. The van der Waals surface area contributed by atoms with Gasteiger partial charge in [-0.15, -0.1) is 11.8 Å². The van der Waals surface area contributed by atoms with Crippen LogP contribution in [0.15, 0.2) is 60.0 Å². The van der Waals surface area contributed by atoms with Crippen molar-refractivity contribution in [3.05, 3.63) is 65.6 Å². The second-order valence-corrected chi connectivity index (χ2v) is 9.60. The highest BCUT2D eigenvalue weighted by Crippen LogP contribution is 2.24. The van der Waals surface area contributed by atoms with Gasteiger partial charge < -0.3 is 24.0 Å². The SMILES string of the molecule is COc1ccc(OCC2CN(C3CCN(C(=O)CCS/C=C\c4ccccc4)CC3)C(=O)O2)cc1. The van der Waals surface area contributed by atoms with Gasteiger partial charge >= 0.3 is 6.09 Å². The van der Waals surface area contributed by atoms with Crippen LogP contribution in [0.5, 0.6) is 11.5 Å². The lowest BCUT2D eigenvalue weighted by molar-refractivity contribution is -0.132. The molecule has 2 aliphatic heterocycles. The van der Waals surface area contributed by atoms with Crippen molar-refractivity contribution in [3.8, 4) is 11.5 Å². The molecule has 8 heteroatoms. The average Bonchev–Trinajstić information content (AvgIpc) is 3.28. The van der Waals surface area contributed by atoms with Crippen LogP contribution in [0.25, 0.3) is 6.08 Å². The van der Waals surface area contributed by atoms with Gasteiger partial charge in [-0.2, -0.15) is 0 Å². The molecule has 2 aromatic carbocycles. The molecule has 35 heavy (non-hydrogen) atoms. The van der Waals surface area contributed by atoms with Crippen molar-refractivity contribution < 1.29 is 23.8 Å². The van der Waals surface area contributed by atoms with E-state index in [0.29, 0.717) is 38.4 Å². The van der Waals surface area contributed by atoms with Gasteiger partial charge in [-0.3, -0.25) is 4.79 Å². The highest BCUT2D eigenvalue weighted by molar-refractivity contribution is 8.02. The summed E-state index contributed by atoms with van der Waals surface area (Å²) in [6, 6.07) is 17.5. The minimum absolute atomic E-state index is 0.0979. The first-order valence-electron chi connectivity index (χ1n) is 12.0. The van der Waals surface area contributed by atoms with Gasteiger partial charge in [0.25, 0.3) is 0 Å². The molecule has 2 aromatic rings. The Morgan fingerprint density at radius 3 is 2.51 bits per heavy atom. The van der Waals surface area contributed by atoms with Crippen molar-refractivity contribution in [3.63, 3.8) is 0 Å². The molecule has 0 radical (unpaired) electrons. The van der Waals surface area contributed by atoms with Crippen molar-refractivity contribution >= 4 is 29.8 Å². The molecule has 0 bridgehead atoms. The second-order valence-electron chi connectivity index (χ2n) is 8.59. The molecule has 2 aliphatic rings. The molecule has 0 saturated carbocycles. The number of carbonyl (C=O) groups is 2. The van der Waals surface area contributed by atoms with Crippen molar-refractivity contribution in [1.82, 2.24) is 9.80 Å². The zero-order valence-corrected chi connectivity index (χ0v) is 20.8. The fraction of sp³-hybridized carbons (Fsp3) is 0.407. The van der Waals surface area contributed by atoms with E-state index in [1.54, 1.807) is 23.8 Å². The van der Waals surface area contributed by atoms with E-state index in [0.717, 1.165) is 29.9 Å². The molecule has 1 atom stereocenters. The molecule has 2 heterocycles. The fourth-order valence-corrected chi connectivity index (χ4v) is 4.96. The molecule has 4 rings (SSSR count). The summed E-state index contributed by atoms with van der Waals surface area (Å²) >= 11 is 1.65. The maximum atomic E-state index is 12.6. The lowest BCUT2D eigenvalue weighted by Crippen LogP contribution is -2.47. The van der Waals surface area contributed by atoms with E-state index in [2.05, 4.69) is 18.2 Å². The predicted octanol–water partition coefficient (Wildman–Crippen LogP) is 4.68. The van der Waals surface area contributed by atoms with Gasteiger partial charge in [-0.1, -0.05) is 30.3 Å². The van der Waals surface area contributed by atoms with Crippen molar-refractivity contribution in [1.29, 1.82) is 0 Å². The maximum Gasteiger partial charge on any atom is 0.410 e. The lowest BCUT2D eigenvalue weighted by atomic mass is 10.0. The normalized spacial score (nSPS) is 18.7. The monoisotopic (exact) mass is 496 g/mol. The highest BCUT2D eigenvalue weighted by atomic mass is 32.2. The molecular formula is C27H32N2O5S. The number of amides is 2. The number of cyclic esters (lactones) is 1. The number of methoxy groups -OCH3 is 1. The molecule has 2 saturated heterocycles. The van der Waals surface area contributed by atoms with Crippen molar-refractivity contribution in [2.24, 2.45) is 0 Å². The highest BCUT2D eigenvalue weighted by Gasteiger charge is 2.38. The summed E-state index contributed by atoms with van der Waals surface area (Å²) in [6.45, 7) is 2.16. The van der Waals surface area contributed by atoms with E-state index in [4.69, 9.17) is 14.2 Å². The largest absolute Gasteiger partial charge is 0.497 e. The van der Waals surface area contributed by atoms with Crippen molar-refractivity contribution in [2.45, 2.75) is 31.4 Å². The molecule has 7 nitrogen and oxygen atoms in total. The van der Waals surface area contributed by atoms with Crippen molar-refractivity contribution in [2.75, 3.05) is 39.1 Å². The number of thioether (sulfide) groups is 1. The third-order valence-electron chi connectivity index (χ3n) is 6.25. The van der Waals surface area contributed by atoms with Gasteiger partial charge in [-0.05, 0) is 54.2 Å². The zero-order chi connectivity index (χ0) is 24.5. The van der Waals surface area contributed by atoms with E-state index in [1.165, 1.54) is 0 Å². The van der Waals surface area contributed by atoms with Crippen LogP contribution in [0, 0.1) is 0 Å². The van der Waals surface area contributed by atoms with E-state index < -0.39 is 0 Å². The Morgan fingerprint density at radius 1 is 1.09 bits per heavy atom. The third kappa shape index (κ3) is 7.18. The summed E-state index contributed by atoms with van der Waals surface area (Å²) in [4.78, 5) is 28.8. The average molecular weight is 497 g/mol. The molecule has 0 spiro atoms. The number of nitrogens with zero attached hydrogens (tertiary/aromatic N) is 2. The van der Waals surface area contributed by atoms with Gasteiger partial charge in [-0.25, -0.2) is 4.79 Å². The number of likely N-dealkylation sites (tertiary alicyclic amines) is 1. The number of rotatable bonds is 10. The summed E-state index contributed by atoms with van der Waals surface area (Å²) in [6.07, 6.45) is 3.53. The van der Waals surface area contributed by atoms with Crippen LogP contribution in [0.1, 0.15) is 24.8 Å². The minimum atomic E-state index is -0.301. The van der Waals surface area contributed by atoms with Crippen LogP contribution in [-0.4, -0.2) is 73.0 Å². The topological polar surface area (TPSA) is 68.3 Å². The lowest BCUT2D eigenvalue weighted by Gasteiger charge is -2.35. The van der Waals surface area contributed by atoms with Gasteiger partial charge in [0.1, 0.15) is 18.1 Å². The molecule has 1 unspecified atom stereocenters. The van der Waals surface area contributed by atoms with Crippen LogP contribution in [0.4, 0.5) is 4.79 Å². The molecule has 2 fully saturated rings. The predicted molar refractivity (Wildman–Crippen MR) is 138 cm³/mol. The number of piperidine rings is 1. The first kappa shape index (κ1) is 25.0. The Labute approximate surface area is 211 Å². The number of benzene rings is 2. The Morgan fingerprint density at radius 2 is 1.80 bits per heavy atom. The van der Waals surface area contributed by atoms with E-state index >= 15 is 0 Å². The number of hydrogen-bond donors (Lipinski definition) is 0. The number of ether oxygens (including phenoxy) is 3. The molecule has 0 N–H and O–H groups in total. The molecular weight excluding hydrogens is 464 g/mol. The Bertz CT molecular complexity index is 990. The van der Waals surface area contributed by atoms with Gasteiger partial charge in [0.2, 0.25) is 5.91 Å². The Kier molecular flexibility index (Phi) is 8.95. The summed E-state index contributed by atoms with van der Waals surface area (Å²) in [7, 11) is 1.62. The van der Waals surface area contributed by atoms with Crippen LogP contribution in [0.2, 0.25) is 0 Å². The number of hydrogen-bond acceptors (Lipinski definition) is 6. The maximum absolute atomic E-state index is 12.6. The summed E-state index contributed by atoms with van der Waals surface area (Å²) in [5.41, 5.74) is 1.16. The summed E-state index contributed by atoms with van der Waals surface area (Å²) in [5.74, 6) is 2.41. The van der Waals surface area contributed by atoms with Gasteiger partial charge in [0, 0.05) is 31.3 Å². The Hall–Kier alpha value is -3.13. The van der Waals surface area contributed by atoms with E-state index in [9.17, 15) is 9.59 Å². The molecule has 0 aliphatic carbocycles. The smallest absolute Gasteiger partial charge is 0.410 e. The van der Waals surface area contributed by atoms with Crippen LogP contribution >= 0.6 is 11.8 Å². The Balaban J connectivity index is 1.14. The fourth-order valence-electron chi connectivity index (χ4n) is 4.28. The summed E-state index contributed by atoms with van der Waals surface area (Å²) < 4.78 is 16.5.